The quantitative estimate of drug-likeness (QED) is 0.900. The molecule has 0 fully saturated rings. The molecule has 4 heteroatoms. The van der Waals surface area contributed by atoms with Gasteiger partial charge in [-0.2, -0.15) is 5.10 Å². The molecule has 104 valence electrons. The lowest BCUT2D eigenvalue weighted by Gasteiger charge is -2.24. The molecule has 0 aliphatic rings. The number of ether oxygens (including phenoxy) is 1. The second-order valence-corrected chi connectivity index (χ2v) is 5.63. The lowest BCUT2D eigenvalue weighted by Crippen LogP contribution is -2.25. The molecule has 2 aromatic rings. The summed E-state index contributed by atoms with van der Waals surface area (Å²) in [6, 6.07) is 8.14. The number of hydrogen-bond donors (Lipinski definition) is 1. The number of nitrogens with zero attached hydrogens (tertiary/aromatic N) is 2. The molecule has 1 aromatic heterocycles. The van der Waals surface area contributed by atoms with Gasteiger partial charge >= 0.3 is 0 Å². The number of methoxy groups -OCH3 is 1. The van der Waals surface area contributed by atoms with Crippen molar-refractivity contribution in [1.82, 2.24) is 9.78 Å². The van der Waals surface area contributed by atoms with Crippen LogP contribution in [0, 0.1) is 0 Å². The van der Waals surface area contributed by atoms with Crippen molar-refractivity contribution in [1.29, 1.82) is 0 Å². The van der Waals surface area contributed by atoms with Crippen LogP contribution in [0.15, 0.2) is 24.3 Å². The predicted molar refractivity (Wildman–Crippen MR) is 78.0 cm³/mol. The van der Waals surface area contributed by atoms with Crippen LogP contribution in [0.3, 0.4) is 0 Å². The van der Waals surface area contributed by atoms with Crippen LogP contribution in [0.25, 0.3) is 10.9 Å². The van der Waals surface area contributed by atoms with Crippen LogP contribution in [0.5, 0.6) is 0 Å². The van der Waals surface area contributed by atoms with Crippen LogP contribution in [0.1, 0.15) is 38.4 Å². The molecule has 0 aliphatic carbocycles. The van der Waals surface area contributed by atoms with Crippen molar-refractivity contribution < 1.29 is 4.74 Å². The van der Waals surface area contributed by atoms with Crippen molar-refractivity contribution in [2.45, 2.75) is 38.3 Å². The smallest absolute Gasteiger partial charge is 0.0870 e. The highest BCUT2D eigenvalue weighted by Crippen LogP contribution is 2.27. The van der Waals surface area contributed by atoms with Gasteiger partial charge in [-0.15, -0.1) is 0 Å². The molecule has 0 saturated carbocycles. The number of benzene rings is 1. The fourth-order valence-electron chi connectivity index (χ4n) is 2.26. The van der Waals surface area contributed by atoms with E-state index in [1.165, 1.54) is 0 Å². The monoisotopic (exact) mass is 261 g/mol. The molecular weight excluding hydrogens is 238 g/mol. The van der Waals surface area contributed by atoms with E-state index in [-0.39, 0.29) is 11.6 Å². The SMILES string of the molecule is COC(C)(C)CCC(N)c1nn(C)c2ccccc12. The van der Waals surface area contributed by atoms with Crippen molar-refractivity contribution in [2.75, 3.05) is 7.11 Å². The summed E-state index contributed by atoms with van der Waals surface area (Å²) < 4.78 is 7.33. The molecule has 0 aliphatic heterocycles. The number of hydrogen-bond acceptors (Lipinski definition) is 3. The molecule has 2 rings (SSSR count). The van der Waals surface area contributed by atoms with Crippen molar-refractivity contribution in [3.63, 3.8) is 0 Å². The van der Waals surface area contributed by atoms with Crippen LogP contribution in [-0.2, 0) is 11.8 Å². The zero-order chi connectivity index (χ0) is 14.0. The molecule has 0 spiro atoms. The summed E-state index contributed by atoms with van der Waals surface area (Å²) in [6.45, 7) is 4.16. The fraction of sp³-hybridized carbons (Fsp3) is 0.533. The number of rotatable bonds is 5. The third-order valence-corrected chi connectivity index (χ3v) is 3.75. The van der Waals surface area contributed by atoms with E-state index in [2.05, 4.69) is 31.1 Å². The molecule has 1 unspecified atom stereocenters. The van der Waals surface area contributed by atoms with E-state index in [9.17, 15) is 0 Å². The number of fused-ring (bicyclic) bond motifs is 1. The van der Waals surface area contributed by atoms with Crippen LogP contribution >= 0.6 is 0 Å². The van der Waals surface area contributed by atoms with Crippen LogP contribution in [0.2, 0.25) is 0 Å². The van der Waals surface area contributed by atoms with E-state index >= 15 is 0 Å². The third-order valence-electron chi connectivity index (χ3n) is 3.75. The van der Waals surface area contributed by atoms with Gasteiger partial charge in [0, 0.05) is 25.6 Å². The molecule has 1 aromatic carbocycles. The van der Waals surface area contributed by atoms with Gasteiger partial charge in [0.15, 0.2) is 0 Å². The molecule has 1 heterocycles. The molecular formula is C15H23N3O. The minimum atomic E-state index is -0.137. The molecule has 0 bridgehead atoms. The van der Waals surface area contributed by atoms with E-state index in [0.29, 0.717) is 0 Å². The lowest BCUT2D eigenvalue weighted by molar-refractivity contribution is 0.0124. The Morgan fingerprint density at radius 2 is 2.05 bits per heavy atom. The van der Waals surface area contributed by atoms with Crippen LogP contribution in [0.4, 0.5) is 0 Å². The number of para-hydroxylation sites is 1. The maximum Gasteiger partial charge on any atom is 0.0870 e. The Bertz CT molecular complexity index is 560. The zero-order valence-electron chi connectivity index (χ0n) is 12.2. The summed E-state index contributed by atoms with van der Waals surface area (Å²) >= 11 is 0. The number of aryl methyl sites for hydroxylation is 1. The summed E-state index contributed by atoms with van der Waals surface area (Å²) in [5.41, 5.74) is 8.27. The largest absolute Gasteiger partial charge is 0.379 e. The molecule has 0 radical (unpaired) electrons. The normalized spacial score (nSPS) is 13.9. The number of nitrogens with two attached hydrogens (primary N) is 1. The summed E-state index contributed by atoms with van der Waals surface area (Å²) in [6.07, 6.45) is 1.78. The first-order chi connectivity index (χ1) is 8.94. The molecule has 19 heavy (non-hydrogen) atoms. The van der Waals surface area contributed by atoms with Crippen LogP contribution < -0.4 is 5.73 Å². The average Bonchev–Trinajstić information content (AvgIpc) is 2.74. The average molecular weight is 261 g/mol. The number of aromatic nitrogens is 2. The highest BCUT2D eigenvalue weighted by molar-refractivity contribution is 5.82. The Morgan fingerprint density at radius 1 is 1.37 bits per heavy atom. The van der Waals surface area contributed by atoms with E-state index in [1.54, 1.807) is 7.11 Å². The Kier molecular flexibility index (Phi) is 3.92. The van der Waals surface area contributed by atoms with Gasteiger partial charge in [0.05, 0.1) is 16.8 Å². The highest BCUT2D eigenvalue weighted by atomic mass is 16.5. The standard InChI is InChI=1S/C15H23N3O/c1-15(2,19-4)10-9-12(16)14-11-7-5-6-8-13(11)18(3)17-14/h5-8,12H,9-10,16H2,1-4H3. The van der Waals surface area contributed by atoms with Gasteiger partial charge in [-0.05, 0) is 32.8 Å². The van der Waals surface area contributed by atoms with Crippen molar-refractivity contribution >= 4 is 10.9 Å². The van der Waals surface area contributed by atoms with Crippen molar-refractivity contribution in [3.05, 3.63) is 30.0 Å². The summed E-state index contributed by atoms with van der Waals surface area (Å²) in [5.74, 6) is 0. The van der Waals surface area contributed by atoms with Gasteiger partial charge in [0.25, 0.3) is 0 Å². The molecule has 4 nitrogen and oxygen atoms in total. The Labute approximate surface area is 114 Å². The predicted octanol–water partition coefficient (Wildman–Crippen LogP) is 2.78. The lowest BCUT2D eigenvalue weighted by atomic mass is 9.97. The van der Waals surface area contributed by atoms with Gasteiger partial charge in [0.2, 0.25) is 0 Å². The van der Waals surface area contributed by atoms with E-state index in [4.69, 9.17) is 10.5 Å². The Balaban J connectivity index is 2.20. The van der Waals surface area contributed by atoms with Gasteiger partial charge < -0.3 is 10.5 Å². The summed E-state index contributed by atoms with van der Waals surface area (Å²) in [7, 11) is 3.69. The minimum Gasteiger partial charge on any atom is -0.379 e. The fourth-order valence-corrected chi connectivity index (χ4v) is 2.26. The second kappa shape index (κ2) is 5.31. The summed E-state index contributed by atoms with van der Waals surface area (Å²) in [5, 5.41) is 5.71. The summed E-state index contributed by atoms with van der Waals surface area (Å²) in [4.78, 5) is 0. The van der Waals surface area contributed by atoms with Crippen molar-refractivity contribution in [3.8, 4) is 0 Å². The van der Waals surface area contributed by atoms with E-state index < -0.39 is 0 Å². The van der Waals surface area contributed by atoms with Crippen molar-refractivity contribution in [2.24, 2.45) is 12.8 Å². The van der Waals surface area contributed by atoms with E-state index in [0.717, 1.165) is 29.4 Å². The third kappa shape index (κ3) is 2.96. The molecule has 0 amide bonds. The second-order valence-electron chi connectivity index (χ2n) is 5.63. The van der Waals surface area contributed by atoms with Gasteiger partial charge in [-0.3, -0.25) is 4.68 Å². The van der Waals surface area contributed by atoms with Crippen LogP contribution in [-0.4, -0.2) is 22.5 Å². The maximum atomic E-state index is 6.30. The van der Waals surface area contributed by atoms with Gasteiger partial charge in [-0.1, -0.05) is 18.2 Å². The first-order valence-electron chi connectivity index (χ1n) is 6.67. The zero-order valence-corrected chi connectivity index (χ0v) is 12.2. The first kappa shape index (κ1) is 14.0. The topological polar surface area (TPSA) is 53.1 Å². The molecule has 1 atom stereocenters. The minimum absolute atomic E-state index is 0.0551. The Hall–Kier alpha value is -1.39. The molecule has 2 N–H and O–H groups in total. The first-order valence-corrected chi connectivity index (χ1v) is 6.67. The van der Waals surface area contributed by atoms with E-state index in [1.807, 2.05) is 23.9 Å². The Morgan fingerprint density at radius 3 is 2.74 bits per heavy atom. The maximum absolute atomic E-state index is 6.30. The van der Waals surface area contributed by atoms with Gasteiger partial charge in [0.1, 0.15) is 0 Å². The highest BCUT2D eigenvalue weighted by Gasteiger charge is 2.21. The van der Waals surface area contributed by atoms with Gasteiger partial charge in [-0.25, -0.2) is 0 Å². The molecule has 0 saturated heterocycles.